The average Bonchev–Trinajstić information content (AvgIpc) is 2.82. The molecule has 8 nitrogen and oxygen atoms in total. The SMILES string of the molecule is Cc1cccc(CNC=C2C=CC(=O)C=C2O)n1.Cc1cccc(CNC=C2C=CC(=O)C=C2O)n1.[Ni]. The Morgan fingerprint density at radius 3 is 1.46 bits per heavy atom. The number of carbonyl (C=O) groups excluding carboxylic acids is 2. The number of hydrogen-bond acceptors (Lipinski definition) is 8. The number of rotatable bonds is 6. The van der Waals surface area contributed by atoms with Gasteiger partial charge in [0.1, 0.15) is 11.5 Å². The maximum absolute atomic E-state index is 11.0. The largest absolute Gasteiger partial charge is 0.507 e. The second-order valence-electron chi connectivity index (χ2n) is 8.03. The van der Waals surface area contributed by atoms with E-state index < -0.39 is 0 Å². The number of nitrogens with one attached hydrogen (secondary N) is 2. The standard InChI is InChI=1S/2C14H14N2O2.Ni/c2*1-10-3-2-4-12(16-10)9-15-8-11-5-6-13(17)7-14(11)18;/h2*2-8,15,18H,9H2,1H3;. The van der Waals surface area contributed by atoms with E-state index in [4.69, 9.17) is 0 Å². The van der Waals surface area contributed by atoms with Gasteiger partial charge in [-0.25, -0.2) is 0 Å². The summed E-state index contributed by atoms with van der Waals surface area (Å²) in [7, 11) is 0. The van der Waals surface area contributed by atoms with Crippen molar-refractivity contribution in [1.29, 1.82) is 0 Å². The molecule has 0 fully saturated rings. The van der Waals surface area contributed by atoms with Gasteiger partial charge >= 0.3 is 0 Å². The van der Waals surface area contributed by atoms with E-state index in [2.05, 4.69) is 20.6 Å². The van der Waals surface area contributed by atoms with Gasteiger partial charge < -0.3 is 20.8 Å². The Morgan fingerprint density at radius 2 is 1.11 bits per heavy atom. The average molecular weight is 543 g/mol. The van der Waals surface area contributed by atoms with Crippen molar-refractivity contribution in [3.8, 4) is 0 Å². The summed E-state index contributed by atoms with van der Waals surface area (Å²) in [6, 6.07) is 11.6. The van der Waals surface area contributed by atoms with E-state index in [0.717, 1.165) is 22.8 Å². The molecule has 0 amide bonds. The summed E-state index contributed by atoms with van der Waals surface area (Å²) in [6.07, 6.45) is 11.7. The fourth-order valence-corrected chi connectivity index (χ4v) is 3.22. The molecule has 0 saturated carbocycles. The van der Waals surface area contributed by atoms with E-state index in [1.807, 2.05) is 50.2 Å². The zero-order chi connectivity index (χ0) is 25.9. The Bertz CT molecular complexity index is 1220. The Labute approximate surface area is 225 Å². The molecule has 0 unspecified atom stereocenters. The van der Waals surface area contributed by atoms with Crippen molar-refractivity contribution in [2.75, 3.05) is 0 Å². The van der Waals surface area contributed by atoms with Gasteiger partial charge in [-0.05, 0) is 62.4 Å². The molecule has 2 aliphatic carbocycles. The van der Waals surface area contributed by atoms with Crippen LogP contribution in [0, 0.1) is 13.8 Å². The molecule has 0 bridgehead atoms. The fourth-order valence-electron chi connectivity index (χ4n) is 3.22. The Morgan fingerprint density at radius 1 is 0.703 bits per heavy atom. The molecule has 2 aliphatic rings. The second-order valence-corrected chi connectivity index (χ2v) is 8.03. The zero-order valence-corrected chi connectivity index (χ0v) is 21.4. The Hall–Kier alpha value is -4.23. The molecule has 4 rings (SSSR count). The number of allylic oxidation sites excluding steroid dienone is 6. The van der Waals surface area contributed by atoms with E-state index in [-0.39, 0.29) is 39.6 Å². The predicted molar refractivity (Wildman–Crippen MR) is 138 cm³/mol. The van der Waals surface area contributed by atoms with Crippen LogP contribution in [0.25, 0.3) is 0 Å². The van der Waals surface area contributed by atoms with Crippen LogP contribution in [0.1, 0.15) is 22.8 Å². The van der Waals surface area contributed by atoms with Crippen molar-refractivity contribution in [1.82, 2.24) is 20.6 Å². The number of aliphatic hydroxyl groups is 2. The van der Waals surface area contributed by atoms with E-state index in [9.17, 15) is 19.8 Å². The van der Waals surface area contributed by atoms with Crippen molar-refractivity contribution in [3.63, 3.8) is 0 Å². The van der Waals surface area contributed by atoms with Crippen LogP contribution < -0.4 is 10.6 Å². The minimum Gasteiger partial charge on any atom is -0.507 e. The topological polar surface area (TPSA) is 124 Å². The van der Waals surface area contributed by atoms with Gasteiger partial charge in [0.15, 0.2) is 11.6 Å². The van der Waals surface area contributed by atoms with E-state index in [1.54, 1.807) is 24.6 Å². The van der Waals surface area contributed by atoms with Crippen LogP contribution >= 0.6 is 0 Å². The van der Waals surface area contributed by atoms with E-state index in [1.165, 1.54) is 24.3 Å². The molecule has 0 aliphatic heterocycles. The monoisotopic (exact) mass is 542 g/mol. The summed E-state index contributed by atoms with van der Waals surface area (Å²) in [6.45, 7) is 5.01. The smallest absolute Gasteiger partial charge is 0.182 e. The number of aryl methyl sites for hydroxylation is 2. The summed E-state index contributed by atoms with van der Waals surface area (Å²) in [5.74, 6) is -0.450. The molecule has 2 aromatic heterocycles. The first-order valence-corrected chi connectivity index (χ1v) is 11.3. The van der Waals surface area contributed by atoms with Crippen LogP contribution in [-0.2, 0) is 39.2 Å². The maximum Gasteiger partial charge on any atom is 0.182 e. The third kappa shape index (κ3) is 9.74. The van der Waals surface area contributed by atoms with Crippen LogP contribution in [-0.4, -0.2) is 31.7 Å². The van der Waals surface area contributed by atoms with Crippen LogP contribution in [0.15, 0.2) is 108 Å². The van der Waals surface area contributed by atoms with Crippen LogP contribution in [0.5, 0.6) is 0 Å². The van der Waals surface area contributed by atoms with Crippen LogP contribution in [0.2, 0.25) is 0 Å². The number of hydrogen-bond donors (Lipinski definition) is 4. The van der Waals surface area contributed by atoms with Crippen molar-refractivity contribution in [2.45, 2.75) is 26.9 Å². The first-order valence-electron chi connectivity index (χ1n) is 11.3. The molecule has 4 N–H and O–H groups in total. The van der Waals surface area contributed by atoms with Gasteiger partial charge in [0.05, 0.1) is 24.5 Å². The number of nitrogens with zero attached hydrogens (tertiary/aromatic N) is 2. The summed E-state index contributed by atoms with van der Waals surface area (Å²) in [4.78, 5) is 30.6. The fraction of sp³-hybridized carbons (Fsp3) is 0.143. The summed E-state index contributed by atoms with van der Waals surface area (Å²) in [5, 5.41) is 25.2. The van der Waals surface area contributed by atoms with Gasteiger partial charge in [0, 0.05) is 63.6 Å². The first kappa shape index (κ1) is 29.0. The predicted octanol–water partition coefficient (Wildman–Crippen LogP) is 3.89. The van der Waals surface area contributed by atoms with Gasteiger partial charge in [-0.1, -0.05) is 12.1 Å². The number of ketones is 2. The van der Waals surface area contributed by atoms with Crippen molar-refractivity contribution >= 4 is 11.6 Å². The number of carbonyl (C=O) groups is 2. The summed E-state index contributed by atoms with van der Waals surface area (Å²) >= 11 is 0. The van der Waals surface area contributed by atoms with Crippen LogP contribution in [0.3, 0.4) is 0 Å². The third-order valence-corrected chi connectivity index (χ3v) is 4.98. The van der Waals surface area contributed by atoms with E-state index >= 15 is 0 Å². The Kier molecular flexibility index (Phi) is 11.3. The number of aliphatic hydroxyl groups excluding tert-OH is 2. The van der Waals surface area contributed by atoms with Crippen molar-refractivity contribution in [3.05, 3.63) is 131 Å². The van der Waals surface area contributed by atoms with Crippen molar-refractivity contribution < 1.29 is 36.3 Å². The van der Waals surface area contributed by atoms with Crippen molar-refractivity contribution in [2.24, 2.45) is 0 Å². The first-order chi connectivity index (χ1) is 17.3. The molecular formula is C28H28N4NiO4. The molecule has 0 saturated heterocycles. The Balaban J connectivity index is 0.000000253. The van der Waals surface area contributed by atoms with Gasteiger partial charge in [-0.15, -0.1) is 0 Å². The number of pyridine rings is 2. The van der Waals surface area contributed by atoms with Gasteiger partial charge in [0.2, 0.25) is 0 Å². The second kappa shape index (κ2) is 14.4. The molecular weight excluding hydrogens is 515 g/mol. The minimum atomic E-state index is -0.204. The van der Waals surface area contributed by atoms with Crippen LogP contribution in [0.4, 0.5) is 0 Å². The summed E-state index contributed by atoms with van der Waals surface area (Å²) in [5.41, 5.74) is 4.95. The zero-order valence-electron chi connectivity index (χ0n) is 20.4. The minimum absolute atomic E-state index is 0. The normalized spacial score (nSPS) is 16.4. The van der Waals surface area contributed by atoms with Gasteiger partial charge in [-0.3, -0.25) is 19.6 Å². The third-order valence-electron chi connectivity index (χ3n) is 4.98. The molecule has 0 aromatic carbocycles. The molecule has 0 radical (unpaired) electrons. The molecule has 9 heteroatoms. The van der Waals surface area contributed by atoms with Gasteiger partial charge in [-0.2, -0.15) is 0 Å². The quantitative estimate of drug-likeness (QED) is 0.405. The number of aromatic nitrogens is 2. The molecule has 2 aromatic rings. The maximum atomic E-state index is 11.0. The molecule has 37 heavy (non-hydrogen) atoms. The molecule has 2 heterocycles. The van der Waals surface area contributed by atoms with E-state index in [0.29, 0.717) is 24.2 Å². The molecule has 194 valence electrons. The summed E-state index contributed by atoms with van der Waals surface area (Å²) < 4.78 is 0. The van der Waals surface area contributed by atoms with Gasteiger partial charge in [0.25, 0.3) is 0 Å². The molecule has 0 atom stereocenters. The molecule has 0 spiro atoms.